The Morgan fingerprint density at radius 2 is 1.94 bits per heavy atom. The quantitative estimate of drug-likeness (QED) is 0.808. The molecule has 0 radical (unpaired) electrons. The summed E-state index contributed by atoms with van der Waals surface area (Å²) in [7, 11) is 0. The number of hydrogen-bond donors (Lipinski definition) is 0. The predicted octanol–water partition coefficient (Wildman–Crippen LogP) is 1.06. The first-order valence-corrected chi connectivity index (χ1v) is 6.28. The first-order chi connectivity index (χ1) is 8.86. The topological polar surface area (TPSA) is 72.9 Å². The fourth-order valence-electron chi connectivity index (χ4n) is 2.27. The van der Waals surface area contributed by atoms with Crippen LogP contribution in [0.25, 0.3) is 0 Å². The van der Waals surface area contributed by atoms with E-state index in [2.05, 4.69) is 29.9 Å². The lowest BCUT2D eigenvalue weighted by molar-refractivity contribution is 0.376. The van der Waals surface area contributed by atoms with Crippen LogP contribution in [-0.2, 0) is 6.42 Å². The molecule has 0 aliphatic carbocycles. The van der Waals surface area contributed by atoms with Gasteiger partial charge in [-0.1, -0.05) is 12.0 Å². The van der Waals surface area contributed by atoms with Crippen LogP contribution in [0.15, 0.2) is 17.1 Å². The maximum absolute atomic E-state index is 5.57. The lowest BCUT2D eigenvalue weighted by Gasteiger charge is -2.30. The third-order valence-electron chi connectivity index (χ3n) is 3.35. The average Bonchev–Trinajstić information content (AvgIpc) is 3.10. The molecule has 2 aromatic rings. The fourth-order valence-corrected chi connectivity index (χ4v) is 2.27. The van der Waals surface area contributed by atoms with Crippen LogP contribution < -0.4 is 4.90 Å². The lowest BCUT2D eigenvalue weighted by Crippen LogP contribution is -2.34. The highest BCUT2D eigenvalue weighted by Gasteiger charge is 2.23. The molecule has 2 aromatic heterocycles. The predicted molar refractivity (Wildman–Crippen MR) is 64.2 cm³/mol. The van der Waals surface area contributed by atoms with Gasteiger partial charge in [0.15, 0.2) is 0 Å². The number of rotatable bonds is 3. The zero-order valence-corrected chi connectivity index (χ0v) is 10.4. The summed E-state index contributed by atoms with van der Waals surface area (Å²) < 4.78 is 7.64. The second kappa shape index (κ2) is 4.75. The van der Waals surface area contributed by atoms with Gasteiger partial charge in [-0.15, -0.1) is 15.3 Å². The van der Waals surface area contributed by atoms with Crippen molar-refractivity contribution < 1.29 is 4.42 Å². The number of piperidine rings is 1. The van der Waals surface area contributed by atoms with E-state index < -0.39 is 0 Å². The number of aromatic nitrogens is 5. The van der Waals surface area contributed by atoms with E-state index in [1.165, 1.54) is 0 Å². The SMILES string of the molecule is CCc1nnc(N2CCC(n3cnnc3)CC2)o1. The molecule has 0 aromatic carbocycles. The Bertz CT molecular complexity index is 485. The van der Waals surface area contributed by atoms with Crippen LogP contribution in [-0.4, -0.2) is 38.1 Å². The van der Waals surface area contributed by atoms with Crippen LogP contribution in [0.3, 0.4) is 0 Å². The van der Waals surface area contributed by atoms with Crippen LogP contribution in [0.1, 0.15) is 31.7 Å². The third-order valence-corrected chi connectivity index (χ3v) is 3.35. The van der Waals surface area contributed by atoms with Gasteiger partial charge in [-0.2, -0.15) is 0 Å². The van der Waals surface area contributed by atoms with Gasteiger partial charge in [0.1, 0.15) is 12.7 Å². The van der Waals surface area contributed by atoms with E-state index in [0.29, 0.717) is 17.9 Å². The minimum absolute atomic E-state index is 0.477. The molecule has 3 heterocycles. The molecule has 0 unspecified atom stereocenters. The van der Waals surface area contributed by atoms with Crippen LogP contribution in [0.4, 0.5) is 6.01 Å². The van der Waals surface area contributed by atoms with Gasteiger partial charge in [-0.25, -0.2) is 0 Å². The highest BCUT2D eigenvalue weighted by molar-refractivity contribution is 5.24. The van der Waals surface area contributed by atoms with Gasteiger partial charge in [-0.05, 0) is 12.8 Å². The van der Waals surface area contributed by atoms with E-state index >= 15 is 0 Å². The first kappa shape index (κ1) is 11.2. The second-order valence-electron chi connectivity index (χ2n) is 4.46. The maximum atomic E-state index is 5.57. The molecule has 0 spiro atoms. The first-order valence-electron chi connectivity index (χ1n) is 6.28. The molecule has 0 N–H and O–H groups in total. The van der Waals surface area contributed by atoms with Crippen LogP contribution in [0.2, 0.25) is 0 Å². The summed E-state index contributed by atoms with van der Waals surface area (Å²) >= 11 is 0. The van der Waals surface area contributed by atoms with E-state index in [9.17, 15) is 0 Å². The molecule has 1 aliphatic heterocycles. The molecule has 7 nitrogen and oxygen atoms in total. The number of anilines is 1. The van der Waals surface area contributed by atoms with E-state index in [1.54, 1.807) is 12.7 Å². The molecule has 18 heavy (non-hydrogen) atoms. The van der Waals surface area contributed by atoms with E-state index in [-0.39, 0.29) is 0 Å². The normalized spacial score (nSPS) is 17.3. The average molecular weight is 248 g/mol. The van der Waals surface area contributed by atoms with Crippen molar-refractivity contribution in [1.29, 1.82) is 0 Å². The van der Waals surface area contributed by atoms with Crippen molar-refractivity contribution in [3.63, 3.8) is 0 Å². The van der Waals surface area contributed by atoms with E-state index in [0.717, 1.165) is 32.4 Å². The Labute approximate surface area is 105 Å². The Hall–Kier alpha value is -1.92. The van der Waals surface area contributed by atoms with E-state index in [1.807, 2.05) is 6.92 Å². The summed E-state index contributed by atoms with van der Waals surface area (Å²) in [6.07, 6.45) is 6.43. The van der Waals surface area contributed by atoms with Crippen molar-refractivity contribution in [2.24, 2.45) is 0 Å². The largest absolute Gasteiger partial charge is 0.408 e. The standard InChI is InChI=1S/C11H16N6O/c1-2-10-14-15-11(18-10)16-5-3-9(4-6-16)17-7-12-13-8-17/h7-9H,2-6H2,1H3. The second-order valence-corrected chi connectivity index (χ2v) is 4.46. The monoisotopic (exact) mass is 248 g/mol. The van der Waals surface area contributed by atoms with E-state index in [4.69, 9.17) is 4.42 Å². The minimum atomic E-state index is 0.477. The summed E-state index contributed by atoms with van der Waals surface area (Å²) in [6.45, 7) is 3.86. The van der Waals surface area contributed by atoms with Crippen molar-refractivity contribution >= 4 is 6.01 Å². The lowest BCUT2D eigenvalue weighted by atomic mass is 10.1. The maximum Gasteiger partial charge on any atom is 0.318 e. The molecule has 0 amide bonds. The Kier molecular flexibility index (Phi) is 2.95. The van der Waals surface area contributed by atoms with Crippen molar-refractivity contribution in [3.8, 4) is 0 Å². The highest BCUT2D eigenvalue weighted by Crippen LogP contribution is 2.25. The zero-order chi connectivity index (χ0) is 12.4. The molecular formula is C11H16N6O. The Morgan fingerprint density at radius 1 is 1.22 bits per heavy atom. The molecular weight excluding hydrogens is 232 g/mol. The van der Waals surface area contributed by atoms with Crippen molar-refractivity contribution in [2.45, 2.75) is 32.2 Å². The van der Waals surface area contributed by atoms with Gasteiger partial charge < -0.3 is 13.9 Å². The summed E-state index contributed by atoms with van der Waals surface area (Å²) in [5, 5.41) is 15.8. The van der Waals surface area contributed by atoms with Crippen molar-refractivity contribution in [3.05, 3.63) is 18.5 Å². The number of aryl methyl sites for hydroxylation is 1. The van der Waals surface area contributed by atoms with Crippen LogP contribution >= 0.6 is 0 Å². The highest BCUT2D eigenvalue weighted by atomic mass is 16.4. The van der Waals surface area contributed by atoms with Gasteiger partial charge in [0.2, 0.25) is 5.89 Å². The fraction of sp³-hybridized carbons (Fsp3) is 0.636. The van der Waals surface area contributed by atoms with Crippen LogP contribution in [0.5, 0.6) is 0 Å². The molecule has 1 fully saturated rings. The molecule has 1 saturated heterocycles. The van der Waals surface area contributed by atoms with Crippen molar-refractivity contribution in [2.75, 3.05) is 18.0 Å². The number of hydrogen-bond acceptors (Lipinski definition) is 6. The molecule has 1 aliphatic rings. The Morgan fingerprint density at radius 3 is 2.56 bits per heavy atom. The molecule has 7 heteroatoms. The van der Waals surface area contributed by atoms with Gasteiger partial charge in [0.05, 0.1) is 0 Å². The summed E-state index contributed by atoms with van der Waals surface area (Å²) in [5.41, 5.74) is 0. The summed E-state index contributed by atoms with van der Waals surface area (Å²) in [5.74, 6) is 0.700. The van der Waals surface area contributed by atoms with Crippen LogP contribution in [0, 0.1) is 0 Å². The van der Waals surface area contributed by atoms with Gasteiger partial charge in [0.25, 0.3) is 0 Å². The Balaban J connectivity index is 1.63. The summed E-state index contributed by atoms with van der Waals surface area (Å²) in [4.78, 5) is 2.15. The smallest absolute Gasteiger partial charge is 0.318 e. The molecule has 0 bridgehead atoms. The third kappa shape index (κ3) is 2.07. The van der Waals surface area contributed by atoms with Crippen molar-refractivity contribution in [1.82, 2.24) is 25.0 Å². The molecule has 0 atom stereocenters. The number of nitrogens with zero attached hydrogens (tertiary/aromatic N) is 6. The van der Waals surface area contributed by atoms with Gasteiger partial charge in [0, 0.05) is 25.6 Å². The molecule has 0 saturated carbocycles. The zero-order valence-electron chi connectivity index (χ0n) is 10.4. The molecule has 96 valence electrons. The van der Waals surface area contributed by atoms with Gasteiger partial charge >= 0.3 is 6.01 Å². The minimum Gasteiger partial charge on any atom is -0.408 e. The van der Waals surface area contributed by atoms with Gasteiger partial charge in [-0.3, -0.25) is 0 Å². The molecule has 3 rings (SSSR count). The summed E-state index contributed by atoms with van der Waals surface area (Å²) in [6, 6.07) is 1.12.